The van der Waals surface area contributed by atoms with Crippen molar-refractivity contribution in [2.75, 3.05) is 0 Å². The third-order valence-electron chi connectivity index (χ3n) is 4.28. The third kappa shape index (κ3) is 4.14. The van der Waals surface area contributed by atoms with Crippen LogP contribution in [-0.4, -0.2) is 25.9 Å². The molecule has 2 aromatic carbocycles. The van der Waals surface area contributed by atoms with Crippen LogP contribution in [0, 0.1) is 5.82 Å². The number of carbonyl (C=O) groups excluding carboxylic acids is 1. The van der Waals surface area contributed by atoms with Crippen LogP contribution in [0.15, 0.2) is 73.1 Å². The highest BCUT2D eigenvalue weighted by molar-refractivity contribution is 6.30. The van der Waals surface area contributed by atoms with Crippen molar-refractivity contribution in [1.29, 1.82) is 0 Å². The number of benzene rings is 2. The first kappa shape index (κ1) is 18.8. The Balaban J connectivity index is 1.68. The number of nitrogens with zero attached hydrogens (tertiary/aromatic N) is 4. The number of carbonyl (C=O) groups is 1. The molecule has 0 aliphatic rings. The lowest BCUT2D eigenvalue weighted by molar-refractivity contribution is 0.0946. The van der Waals surface area contributed by atoms with E-state index in [2.05, 4.69) is 20.6 Å². The standard InChI is InChI=1S/C21H15ClFN5O/c22-16-3-1-14(2-4-16)13-25-21(29)19-20(15-9-11-24-12-10-15)28(27-26-19)18-7-5-17(23)6-8-18/h1-12H,13H2,(H,25,29). The molecule has 4 rings (SSSR count). The Morgan fingerprint density at radius 1 is 1.00 bits per heavy atom. The van der Waals surface area contributed by atoms with Crippen LogP contribution >= 0.6 is 11.6 Å². The minimum Gasteiger partial charge on any atom is -0.346 e. The lowest BCUT2D eigenvalue weighted by Crippen LogP contribution is -2.24. The summed E-state index contributed by atoms with van der Waals surface area (Å²) in [5, 5.41) is 11.7. The Labute approximate surface area is 171 Å². The Kier molecular flexibility index (Phi) is 5.31. The summed E-state index contributed by atoms with van der Waals surface area (Å²) in [5.74, 6) is -0.736. The number of aromatic nitrogens is 4. The molecule has 0 spiro atoms. The molecule has 0 aliphatic heterocycles. The molecule has 0 fully saturated rings. The van der Waals surface area contributed by atoms with E-state index in [0.29, 0.717) is 28.5 Å². The predicted octanol–water partition coefficient (Wildman–Crippen LogP) is 4.05. The van der Waals surface area contributed by atoms with Gasteiger partial charge in [-0.3, -0.25) is 9.78 Å². The lowest BCUT2D eigenvalue weighted by atomic mass is 10.1. The van der Waals surface area contributed by atoms with E-state index in [4.69, 9.17) is 11.6 Å². The second kappa shape index (κ2) is 8.20. The van der Waals surface area contributed by atoms with E-state index in [1.807, 2.05) is 12.1 Å². The summed E-state index contributed by atoms with van der Waals surface area (Å²) in [4.78, 5) is 16.9. The molecule has 2 aromatic heterocycles. The maximum absolute atomic E-state index is 13.3. The predicted molar refractivity (Wildman–Crippen MR) is 107 cm³/mol. The SMILES string of the molecule is O=C(NCc1ccc(Cl)cc1)c1nnn(-c2ccc(F)cc2)c1-c1ccncc1. The van der Waals surface area contributed by atoms with Gasteiger partial charge in [-0.1, -0.05) is 28.9 Å². The molecule has 144 valence electrons. The summed E-state index contributed by atoms with van der Waals surface area (Å²) in [7, 11) is 0. The summed E-state index contributed by atoms with van der Waals surface area (Å²) in [6.45, 7) is 0.315. The fraction of sp³-hybridized carbons (Fsp3) is 0.0476. The zero-order valence-corrected chi connectivity index (χ0v) is 15.8. The van der Waals surface area contributed by atoms with Crippen molar-refractivity contribution < 1.29 is 9.18 Å². The molecule has 8 heteroatoms. The first-order valence-electron chi connectivity index (χ1n) is 8.76. The van der Waals surface area contributed by atoms with Crippen molar-refractivity contribution in [2.45, 2.75) is 6.54 Å². The number of amides is 1. The molecule has 0 unspecified atom stereocenters. The average molecular weight is 408 g/mol. The lowest BCUT2D eigenvalue weighted by Gasteiger charge is -2.09. The number of hydrogen-bond acceptors (Lipinski definition) is 4. The smallest absolute Gasteiger partial charge is 0.274 e. The van der Waals surface area contributed by atoms with Crippen molar-refractivity contribution in [3.63, 3.8) is 0 Å². The van der Waals surface area contributed by atoms with E-state index in [-0.39, 0.29) is 17.4 Å². The van der Waals surface area contributed by atoms with Crippen molar-refractivity contribution in [3.8, 4) is 16.9 Å². The van der Waals surface area contributed by atoms with E-state index >= 15 is 0 Å². The highest BCUT2D eigenvalue weighted by Crippen LogP contribution is 2.25. The first-order valence-corrected chi connectivity index (χ1v) is 9.14. The van der Waals surface area contributed by atoms with Crippen LogP contribution in [-0.2, 0) is 6.54 Å². The number of nitrogens with one attached hydrogen (secondary N) is 1. The van der Waals surface area contributed by atoms with Gasteiger partial charge in [0.15, 0.2) is 5.69 Å². The molecule has 4 aromatic rings. The minimum absolute atomic E-state index is 0.162. The molecule has 1 amide bonds. The fourth-order valence-corrected chi connectivity index (χ4v) is 2.96. The van der Waals surface area contributed by atoms with Gasteiger partial charge in [-0.15, -0.1) is 5.10 Å². The van der Waals surface area contributed by atoms with E-state index in [0.717, 1.165) is 5.56 Å². The molecular formula is C21H15ClFN5O. The molecule has 29 heavy (non-hydrogen) atoms. The molecule has 0 atom stereocenters. The molecular weight excluding hydrogens is 393 g/mol. The van der Waals surface area contributed by atoms with Crippen molar-refractivity contribution >= 4 is 17.5 Å². The van der Waals surface area contributed by atoms with Gasteiger partial charge >= 0.3 is 0 Å². The van der Waals surface area contributed by atoms with Gasteiger partial charge in [0.05, 0.1) is 5.69 Å². The Morgan fingerprint density at radius 2 is 1.69 bits per heavy atom. The molecule has 0 saturated heterocycles. The van der Waals surface area contributed by atoms with Gasteiger partial charge in [0.25, 0.3) is 5.91 Å². The van der Waals surface area contributed by atoms with Crippen LogP contribution in [0.2, 0.25) is 5.02 Å². The van der Waals surface area contributed by atoms with Gasteiger partial charge in [0, 0.05) is 29.5 Å². The van der Waals surface area contributed by atoms with Crippen LogP contribution in [0.1, 0.15) is 16.1 Å². The second-order valence-electron chi connectivity index (χ2n) is 6.22. The highest BCUT2D eigenvalue weighted by Gasteiger charge is 2.22. The quantitative estimate of drug-likeness (QED) is 0.541. The molecule has 2 heterocycles. The Hall–Kier alpha value is -3.58. The van der Waals surface area contributed by atoms with Gasteiger partial charge in [0.1, 0.15) is 11.5 Å². The van der Waals surface area contributed by atoms with Crippen molar-refractivity contribution in [3.05, 3.63) is 95.2 Å². The topological polar surface area (TPSA) is 72.7 Å². The first-order chi connectivity index (χ1) is 14.1. The molecule has 0 saturated carbocycles. The number of halogens is 2. The maximum Gasteiger partial charge on any atom is 0.274 e. The van der Waals surface area contributed by atoms with Crippen LogP contribution < -0.4 is 5.32 Å². The summed E-state index contributed by atoms with van der Waals surface area (Å²) in [6.07, 6.45) is 3.24. The maximum atomic E-state index is 13.3. The minimum atomic E-state index is -0.375. The van der Waals surface area contributed by atoms with Crippen LogP contribution in [0.25, 0.3) is 16.9 Å². The van der Waals surface area contributed by atoms with Crippen LogP contribution in [0.4, 0.5) is 4.39 Å². The van der Waals surface area contributed by atoms with Gasteiger partial charge < -0.3 is 5.32 Å². The summed E-state index contributed by atoms with van der Waals surface area (Å²) in [6, 6.07) is 16.5. The zero-order valence-electron chi connectivity index (χ0n) is 15.1. The summed E-state index contributed by atoms with van der Waals surface area (Å²) < 4.78 is 14.8. The average Bonchev–Trinajstić information content (AvgIpc) is 3.19. The normalized spacial score (nSPS) is 10.7. The van der Waals surface area contributed by atoms with Crippen molar-refractivity contribution in [2.24, 2.45) is 0 Å². The van der Waals surface area contributed by atoms with E-state index in [1.165, 1.54) is 16.8 Å². The van der Waals surface area contributed by atoms with Gasteiger partial charge in [-0.05, 0) is 54.1 Å². The van der Waals surface area contributed by atoms with Gasteiger partial charge in [-0.2, -0.15) is 0 Å². The van der Waals surface area contributed by atoms with Gasteiger partial charge in [-0.25, -0.2) is 9.07 Å². The second-order valence-corrected chi connectivity index (χ2v) is 6.66. The molecule has 0 aliphatic carbocycles. The van der Waals surface area contributed by atoms with E-state index in [9.17, 15) is 9.18 Å². The van der Waals surface area contributed by atoms with E-state index < -0.39 is 0 Å². The van der Waals surface area contributed by atoms with E-state index in [1.54, 1.807) is 48.8 Å². The summed E-state index contributed by atoms with van der Waals surface area (Å²) >= 11 is 5.89. The molecule has 0 bridgehead atoms. The summed E-state index contributed by atoms with van der Waals surface area (Å²) in [5.41, 5.74) is 2.86. The zero-order chi connectivity index (χ0) is 20.2. The number of hydrogen-bond donors (Lipinski definition) is 1. The highest BCUT2D eigenvalue weighted by atomic mass is 35.5. The largest absolute Gasteiger partial charge is 0.346 e. The van der Waals surface area contributed by atoms with Crippen molar-refractivity contribution in [1.82, 2.24) is 25.3 Å². The third-order valence-corrected chi connectivity index (χ3v) is 4.53. The van der Waals surface area contributed by atoms with Gasteiger partial charge in [0.2, 0.25) is 0 Å². The monoisotopic (exact) mass is 407 g/mol. The fourth-order valence-electron chi connectivity index (χ4n) is 2.83. The van der Waals surface area contributed by atoms with Crippen LogP contribution in [0.5, 0.6) is 0 Å². The Bertz CT molecular complexity index is 1130. The Morgan fingerprint density at radius 3 is 2.38 bits per heavy atom. The molecule has 1 N–H and O–H groups in total. The van der Waals surface area contributed by atoms with Crippen LogP contribution in [0.3, 0.4) is 0 Å². The molecule has 6 nitrogen and oxygen atoms in total. The molecule has 0 radical (unpaired) electrons. The number of pyridine rings is 1. The number of rotatable bonds is 5.